The molecule has 9 heteroatoms. The highest BCUT2D eigenvalue weighted by Gasteiger charge is 2.18. The number of anilines is 1. The molecule has 0 aliphatic heterocycles. The van der Waals surface area contributed by atoms with Crippen molar-refractivity contribution >= 4 is 21.5 Å². The first-order valence-electron chi connectivity index (χ1n) is 5.56. The molecule has 0 atom stereocenters. The minimum atomic E-state index is -3.99. The summed E-state index contributed by atoms with van der Waals surface area (Å²) in [5.74, 6) is 0.0144. The number of nitriles is 1. The molecule has 0 aliphatic carbocycles. The Hall–Kier alpha value is -2.99. The topological polar surface area (TPSA) is 126 Å². The van der Waals surface area contributed by atoms with E-state index in [4.69, 9.17) is 5.26 Å². The summed E-state index contributed by atoms with van der Waals surface area (Å²) in [6.45, 7) is 0. The predicted octanol–water partition coefficient (Wildman–Crippen LogP) is 1.66. The minimum absolute atomic E-state index is 0.0144. The molecular weight excluding hydrogens is 296 g/mol. The predicted molar refractivity (Wildman–Crippen MR) is 72.9 cm³/mol. The number of nitro groups is 1. The Bertz CT molecular complexity index is 825. The van der Waals surface area contributed by atoms with Crippen molar-refractivity contribution in [3.63, 3.8) is 0 Å². The van der Waals surface area contributed by atoms with Crippen LogP contribution in [-0.4, -0.2) is 18.3 Å². The summed E-state index contributed by atoms with van der Waals surface area (Å²) in [6.07, 6.45) is 1.21. The van der Waals surface area contributed by atoms with Gasteiger partial charge in [-0.25, -0.2) is 13.4 Å². The van der Waals surface area contributed by atoms with Crippen molar-refractivity contribution in [1.29, 1.82) is 5.26 Å². The van der Waals surface area contributed by atoms with Crippen LogP contribution in [0.2, 0.25) is 0 Å². The minimum Gasteiger partial charge on any atom is -0.263 e. The monoisotopic (exact) mass is 304 g/mol. The normalized spacial score (nSPS) is 10.6. The molecule has 0 spiro atoms. The van der Waals surface area contributed by atoms with Gasteiger partial charge in [0.15, 0.2) is 0 Å². The summed E-state index contributed by atoms with van der Waals surface area (Å²) in [4.78, 5) is 13.5. The van der Waals surface area contributed by atoms with Crippen molar-refractivity contribution < 1.29 is 13.3 Å². The Morgan fingerprint density at radius 3 is 2.62 bits per heavy atom. The van der Waals surface area contributed by atoms with Gasteiger partial charge in [0.1, 0.15) is 11.9 Å². The molecule has 1 N–H and O–H groups in total. The average molecular weight is 304 g/mol. The van der Waals surface area contributed by atoms with Crippen LogP contribution in [0.3, 0.4) is 0 Å². The van der Waals surface area contributed by atoms with Gasteiger partial charge in [-0.3, -0.25) is 14.8 Å². The molecule has 1 aromatic carbocycles. The third-order valence-corrected chi connectivity index (χ3v) is 3.82. The molecule has 0 fully saturated rings. The molecular formula is C12H8N4O4S. The van der Waals surface area contributed by atoms with E-state index in [1.165, 1.54) is 36.5 Å². The Morgan fingerprint density at radius 1 is 1.29 bits per heavy atom. The number of hydrogen-bond donors (Lipinski definition) is 1. The fraction of sp³-hybridized carbons (Fsp3) is 0. The number of non-ortho nitro benzene ring substituents is 1. The highest BCUT2D eigenvalue weighted by atomic mass is 32.2. The first kappa shape index (κ1) is 14.4. The average Bonchev–Trinajstić information content (AvgIpc) is 2.48. The molecule has 0 radical (unpaired) electrons. The van der Waals surface area contributed by atoms with Gasteiger partial charge in [-0.05, 0) is 18.2 Å². The molecule has 0 aliphatic rings. The summed E-state index contributed by atoms with van der Waals surface area (Å²) in [6, 6.07) is 9.24. The molecule has 106 valence electrons. The lowest BCUT2D eigenvalue weighted by molar-refractivity contribution is -0.385. The van der Waals surface area contributed by atoms with Crippen molar-refractivity contribution in [1.82, 2.24) is 4.98 Å². The quantitative estimate of drug-likeness (QED) is 0.676. The van der Waals surface area contributed by atoms with Crippen LogP contribution in [-0.2, 0) is 10.0 Å². The summed E-state index contributed by atoms with van der Waals surface area (Å²) in [5, 5.41) is 19.3. The lowest BCUT2D eigenvalue weighted by Gasteiger charge is -2.06. The number of pyridine rings is 1. The van der Waals surface area contributed by atoms with Crippen molar-refractivity contribution in [3.8, 4) is 6.07 Å². The third kappa shape index (κ3) is 3.31. The van der Waals surface area contributed by atoms with E-state index in [1.807, 2.05) is 6.07 Å². The second-order valence-electron chi connectivity index (χ2n) is 3.90. The molecule has 0 amide bonds. The fourth-order valence-electron chi connectivity index (χ4n) is 1.48. The Balaban J connectivity index is 2.31. The van der Waals surface area contributed by atoms with E-state index in [1.54, 1.807) is 0 Å². The highest BCUT2D eigenvalue weighted by molar-refractivity contribution is 7.92. The van der Waals surface area contributed by atoms with Crippen LogP contribution in [0.15, 0.2) is 47.5 Å². The van der Waals surface area contributed by atoms with Gasteiger partial charge in [-0.15, -0.1) is 0 Å². The van der Waals surface area contributed by atoms with E-state index in [9.17, 15) is 18.5 Å². The van der Waals surface area contributed by atoms with Crippen molar-refractivity contribution in [3.05, 3.63) is 58.3 Å². The van der Waals surface area contributed by atoms with Crippen LogP contribution in [0.4, 0.5) is 11.5 Å². The summed E-state index contributed by atoms with van der Waals surface area (Å²) < 4.78 is 26.4. The van der Waals surface area contributed by atoms with Gasteiger partial charge in [0.05, 0.1) is 15.4 Å². The highest BCUT2D eigenvalue weighted by Crippen LogP contribution is 2.19. The number of rotatable bonds is 4. The molecule has 1 aromatic heterocycles. The van der Waals surface area contributed by atoms with Crippen LogP contribution < -0.4 is 4.72 Å². The molecule has 8 nitrogen and oxygen atoms in total. The zero-order valence-electron chi connectivity index (χ0n) is 10.4. The van der Waals surface area contributed by atoms with Crippen LogP contribution in [0.1, 0.15) is 5.56 Å². The molecule has 1 heterocycles. The lowest BCUT2D eigenvalue weighted by atomic mass is 10.3. The zero-order chi connectivity index (χ0) is 15.5. The number of hydrogen-bond acceptors (Lipinski definition) is 6. The third-order valence-electron chi connectivity index (χ3n) is 2.47. The standard InChI is InChI=1S/C12H8N4O4S/c13-7-9-4-5-12(14-8-9)15-21(19,20)11-3-1-2-10(6-11)16(17)18/h1-6,8H,(H,14,15). The molecule has 2 rings (SSSR count). The summed E-state index contributed by atoms with van der Waals surface area (Å²) in [7, 11) is -3.99. The first-order chi connectivity index (χ1) is 9.92. The Morgan fingerprint density at radius 2 is 2.05 bits per heavy atom. The maximum atomic E-state index is 12.1. The van der Waals surface area contributed by atoms with Crippen molar-refractivity contribution in [2.45, 2.75) is 4.90 Å². The van der Waals surface area contributed by atoms with Crippen LogP contribution in [0.5, 0.6) is 0 Å². The van der Waals surface area contributed by atoms with Crippen LogP contribution in [0.25, 0.3) is 0 Å². The summed E-state index contributed by atoms with van der Waals surface area (Å²) >= 11 is 0. The van der Waals surface area contributed by atoms with Gasteiger partial charge < -0.3 is 0 Å². The van der Waals surface area contributed by atoms with E-state index in [-0.39, 0.29) is 22.0 Å². The van der Waals surface area contributed by atoms with E-state index in [2.05, 4.69) is 9.71 Å². The van der Waals surface area contributed by atoms with E-state index in [0.717, 1.165) is 6.07 Å². The number of benzene rings is 1. The number of nitrogens with one attached hydrogen (secondary N) is 1. The van der Waals surface area contributed by atoms with Crippen molar-refractivity contribution in [2.24, 2.45) is 0 Å². The maximum Gasteiger partial charge on any atom is 0.270 e. The van der Waals surface area contributed by atoms with Gasteiger partial charge in [-0.2, -0.15) is 5.26 Å². The van der Waals surface area contributed by atoms with E-state index in [0.29, 0.717) is 0 Å². The molecule has 0 bridgehead atoms. The number of aromatic nitrogens is 1. The molecule has 0 saturated carbocycles. The fourth-order valence-corrected chi connectivity index (χ4v) is 2.53. The molecule has 21 heavy (non-hydrogen) atoms. The second kappa shape index (κ2) is 5.56. The SMILES string of the molecule is N#Cc1ccc(NS(=O)(=O)c2cccc([N+](=O)[O-])c2)nc1. The maximum absolute atomic E-state index is 12.1. The van der Waals surface area contributed by atoms with E-state index < -0.39 is 14.9 Å². The second-order valence-corrected chi connectivity index (χ2v) is 5.59. The van der Waals surface area contributed by atoms with Gasteiger partial charge in [0, 0.05) is 18.3 Å². The van der Waals surface area contributed by atoms with Gasteiger partial charge in [0.25, 0.3) is 15.7 Å². The van der Waals surface area contributed by atoms with Gasteiger partial charge >= 0.3 is 0 Å². The number of sulfonamides is 1. The van der Waals surface area contributed by atoms with Gasteiger partial charge in [0.2, 0.25) is 0 Å². The Kier molecular flexibility index (Phi) is 3.82. The van der Waals surface area contributed by atoms with E-state index >= 15 is 0 Å². The van der Waals surface area contributed by atoms with Gasteiger partial charge in [-0.1, -0.05) is 6.07 Å². The largest absolute Gasteiger partial charge is 0.270 e. The first-order valence-corrected chi connectivity index (χ1v) is 7.04. The van der Waals surface area contributed by atoms with Crippen molar-refractivity contribution in [2.75, 3.05) is 4.72 Å². The summed E-state index contributed by atoms with van der Waals surface area (Å²) in [5.41, 5.74) is -0.0426. The molecule has 2 aromatic rings. The lowest BCUT2D eigenvalue weighted by Crippen LogP contribution is -2.14. The smallest absolute Gasteiger partial charge is 0.263 e. The number of nitro benzene ring substituents is 1. The number of nitrogens with zero attached hydrogens (tertiary/aromatic N) is 3. The molecule has 0 unspecified atom stereocenters. The van der Waals surface area contributed by atoms with Crippen LogP contribution >= 0.6 is 0 Å². The molecule has 0 saturated heterocycles. The Labute approximate surface area is 119 Å². The van der Waals surface area contributed by atoms with Crippen LogP contribution in [0, 0.1) is 21.4 Å². The zero-order valence-corrected chi connectivity index (χ0v) is 11.2.